The molecule has 0 aromatic rings. The number of nitriles is 3. The van der Waals surface area contributed by atoms with Crippen LogP contribution in [0.25, 0.3) is 0 Å². The molecule has 82 valence electrons. The first-order valence-electron chi connectivity index (χ1n) is 4.84. The Labute approximate surface area is 99.2 Å². The summed E-state index contributed by atoms with van der Waals surface area (Å²) in [7, 11) is 0. The molecule has 5 nitrogen and oxygen atoms in total. The average Bonchev–Trinajstić information content (AvgIpc) is 2.71. The van der Waals surface area contributed by atoms with Gasteiger partial charge in [0.25, 0.3) is 0 Å². The fraction of sp³-hybridized carbons (Fsp3) is 0.333. The van der Waals surface area contributed by atoms with E-state index < -0.39 is 0 Å². The summed E-state index contributed by atoms with van der Waals surface area (Å²) < 4.78 is 0. The molecule has 0 saturated carbocycles. The van der Waals surface area contributed by atoms with E-state index in [0.29, 0.717) is 0 Å². The normalized spacial score (nSPS) is 17.5. The molecule has 0 aromatic carbocycles. The van der Waals surface area contributed by atoms with Gasteiger partial charge in [0.15, 0.2) is 0 Å². The van der Waals surface area contributed by atoms with Crippen molar-refractivity contribution in [1.29, 1.82) is 15.8 Å². The molecular formula is C12H8N4O. The molecule has 1 fully saturated rings. The third-order valence-electron chi connectivity index (χ3n) is 2.45. The number of hydrogen-bond acceptors (Lipinski definition) is 4. The summed E-state index contributed by atoms with van der Waals surface area (Å²) in [6.45, 7) is 0.263. The van der Waals surface area contributed by atoms with Gasteiger partial charge in [0.05, 0.1) is 18.2 Å². The zero-order chi connectivity index (χ0) is 12.8. The second-order valence-electron chi connectivity index (χ2n) is 3.45. The van der Waals surface area contributed by atoms with E-state index in [1.807, 2.05) is 6.07 Å². The van der Waals surface area contributed by atoms with Crippen molar-refractivity contribution in [2.45, 2.75) is 12.8 Å². The van der Waals surface area contributed by atoms with E-state index in [1.165, 1.54) is 4.90 Å². The Hall–Kier alpha value is -2.76. The molecule has 1 aliphatic rings. The van der Waals surface area contributed by atoms with Gasteiger partial charge in [-0.3, -0.25) is 4.79 Å². The summed E-state index contributed by atoms with van der Waals surface area (Å²) in [4.78, 5) is 12.9. The Kier molecular flexibility index (Phi) is 3.88. The van der Waals surface area contributed by atoms with Crippen LogP contribution in [0.2, 0.25) is 0 Å². The number of carbonyl (C=O) groups excluding carboxylic acids is 1. The molecule has 1 amide bonds. The zero-order valence-corrected chi connectivity index (χ0v) is 8.97. The van der Waals surface area contributed by atoms with E-state index in [-0.39, 0.29) is 42.5 Å². The van der Waals surface area contributed by atoms with Crippen molar-refractivity contribution < 1.29 is 4.79 Å². The van der Waals surface area contributed by atoms with Crippen LogP contribution < -0.4 is 0 Å². The smallest absolute Gasteiger partial charge is 0.228 e. The molecule has 0 radical (unpaired) electrons. The van der Waals surface area contributed by atoms with E-state index in [9.17, 15) is 4.79 Å². The SMILES string of the molecule is C#CC1CC(=O)N(C(CC#N)=C(C#N)C#N)C1. The van der Waals surface area contributed by atoms with Crippen LogP contribution in [0.15, 0.2) is 11.3 Å². The fourth-order valence-electron chi connectivity index (χ4n) is 1.63. The molecule has 1 unspecified atom stereocenters. The highest BCUT2D eigenvalue weighted by Crippen LogP contribution is 2.24. The number of terminal acetylenes is 1. The highest BCUT2D eigenvalue weighted by Gasteiger charge is 2.32. The first-order valence-corrected chi connectivity index (χ1v) is 4.84. The van der Waals surface area contributed by atoms with Crippen LogP contribution in [-0.4, -0.2) is 17.4 Å². The molecule has 5 heteroatoms. The fourth-order valence-corrected chi connectivity index (χ4v) is 1.63. The van der Waals surface area contributed by atoms with Crippen LogP contribution >= 0.6 is 0 Å². The summed E-state index contributed by atoms with van der Waals surface area (Å²) in [5, 5.41) is 26.2. The Morgan fingerprint density at radius 2 is 2.06 bits per heavy atom. The van der Waals surface area contributed by atoms with Gasteiger partial charge in [0, 0.05) is 18.9 Å². The largest absolute Gasteiger partial charge is 0.312 e. The molecular weight excluding hydrogens is 216 g/mol. The molecule has 1 heterocycles. The lowest BCUT2D eigenvalue weighted by Gasteiger charge is -2.17. The van der Waals surface area contributed by atoms with Crippen LogP contribution in [0, 0.1) is 52.3 Å². The van der Waals surface area contributed by atoms with Crippen molar-refractivity contribution in [3.63, 3.8) is 0 Å². The predicted octanol–water partition coefficient (Wildman–Crippen LogP) is 0.683. The van der Waals surface area contributed by atoms with Crippen LogP contribution in [0.1, 0.15) is 12.8 Å². The summed E-state index contributed by atoms with van der Waals surface area (Å²) in [6.07, 6.45) is 5.27. The van der Waals surface area contributed by atoms with Gasteiger partial charge >= 0.3 is 0 Å². The standard InChI is InChI=1S/C12H8N4O/c1-2-9-5-12(17)16(8-9)11(3-4-13)10(6-14)7-15/h1,9H,3,5,8H2. The van der Waals surface area contributed by atoms with Crippen LogP contribution in [-0.2, 0) is 4.79 Å². The van der Waals surface area contributed by atoms with E-state index in [4.69, 9.17) is 22.2 Å². The van der Waals surface area contributed by atoms with E-state index in [2.05, 4.69) is 5.92 Å². The van der Waals surface area contributed by atoms with E-state index >= 15 is 0 Å². The van der Waals surface area contributed by atoms with Gasteiger partial charge in [-0.15, -0.1) is 12.3 Å². The topological polar surface area (TPSA) is 91.7 Å². The minimum atomic E-state index is -0.249. The molecule has 17 heavy (non-hydrogen) atoms. The van der Waals surface area contributed by atoms with Gasteiger partial charge in [0.1, 0.15) is 17.7 Å². The molecule has 1 rings (SSSR count). The maximum Gasteiger partial charge on any atom is 0.228 e. The van der Waals surface area contributed by atoms with Gasteiger partial charge in [-0.25, -0.2) is 0 Å². The lowest BCUT2D eigenvalue weighted by molar-refractivity contribution is -0.126. The maximum absolute atomic E-state index is 11.7. The number of amides is 1. The molecule has 0 N–H and O–H groups in total. The molecule has 1 atom stereocenters. The molecule has 0 bridgehead atoms. The Morgan fingerprint density at radius 3 is 2.47 bits per heavy atom. The van der Waals surface area contributed by atoms with Crippen molar-refractivity contribution in [1.82, 2.24) is 4.90 Å². The number of hydrogen-bond donors (Lipinski definition) is 0. The first-order chi connectivity index (χ1) is 8.17. The van der Waals surface area contributed by atoms with E-state index in [0.717, 1.165) is 0 Å². The molecule has 0 aliphatic carbocycles. The Bertz CT molecular complexity index is 517. The third-order valence-corrected chi connectivity index (χ3v) is 2.45. The quantitative estimate of drug-likeness (QED) is 0.509. The van der Waals surface area contributed by atoms with Crippen LogP contribution in [0.4, 0.5) is 0 Å². The maximum atomic E-state index is 11.7. The third kappa shape index (κ3) is 2.43. The minimum absolute atomic E-state index is 0.153. The zero-order valence-electron chi connectivity index (χ0n) is 8.97. The molecule has 0 spiro atoms. The van der Waals surface area contributed by atoms with Crippen molar-refractivity contribution in [3.05, 3.63) is 11.3 Å². The second-order valence-corrected chi connectivity index (χ2v) is 3.45. The Balaban J connectivity index is 3.13. The van der Waals surface area contributed by atoms with Crippen molar-refractivity contribution in [3.8, 4) is 30.6 Å². The number of carbonyl (C=O) groups is 1. The van der Waals surface area contributed by atoms with E-state index in [1.54, 1.807) is 12.1 Å². The molecule has 1 aliphatic heterocycles. The highest BCUT2D eigenvalue weighted by molar-refractivity contribution is 5.81. The monoisotopic (exact) mass is 224 g/mol. The summed E-state index contributed by atoms with van der Waals surface area (Å²) in [5.41, 5.74) is -0.0576. The van der Waals surface area contributed by atoms with Crippen molar-refractivity contribution >= 4 is 5.91 Å². The van der Waals surface area contributed by atoms with Gasteiger partial charge in [-0.05, 0) is 0 Å². The highest BCUT2D eigenvalue weighted by atomic mass is 16.2. The summed E-state index contributed by atoms with van der Waals surface area (Å²) in [5.74, 6) is 1.99. The lowest BCUT2D eigenvalue weighted by Crippen LogP contribution is -2.25. The number of rotatable bonds is 2. The first kappa shape index (κ1) is 12.3. The number of allylic oxidation sites excluding steroid dienone is 2. The van der Waals surface area contributed by atoms with Crippen molar-refractivity contribution in [2.75, 3.05) is 6.54 Å². The summed E-state index contributed by atoms with van der Waals surface area (Å²) >= 11 is 0. The van der Waals surface area contributed by atoms with Gasteiger partial charge in [0.2, 0.25) is 5.91 Å². The molecule has 1 saturated heterocycles. The van der Waals surface area contributed by atoms with Crippen LogP contribution in [0.3, 0.4) is 0 Å². The average molecular weight is 224 g/mol. The molecule has 0 aromatic heterocycles. The second kappa shape index (κ2) is 5.36. The van der Waals surface area contributed by atoms with Crippen LogP contribution in [0.5, 0.6) is 0 Å². The van der Waals surface area contributed by atoms with Gasteiger partial charge in [-0.2, -0.15) is 15.8 Å². The Morgan fingerprint density at radius 1 is 1.41 bits per heavy atom. The number of likely N-dealkylation sites (tertiary alicyclic amines) is 1. The summed E-state index contributed by atoms with van der Waals surface area (Å²) in [6, 6.07) is 5.22. The predicted molar refractivity (Wildman–Crippen MR) is 57.1 cm³/mol. The van der Waals surface area contributed by atoms with Crippen molar-refractivity contribution in [2.24, 2.45) is 5.92 Å². The van der Waals surface area contributed by atoms with Gasteiger partial charge in [-0.1, -0.05) is 0 Å². The van der Waals surface area contributed by atoms with Gasteiger partial charge < -0.3 is 4.90 Å². The number of nitrogens with zero attached hydrogens (tertiary/aromatic N) is 4. The lowest BCUT2D eigenvalue weighted by atomic mass is 10.1. The minimum Gasteiger partial charge on any atom is -0.312 e.